The molecular formula is C17H16F3N5O3. The van der Waals surface area contributed by atoms with Gasteiger partial charge in [-0.05, 0) is 38.2 Å². The molecule has 1 aliphatic carbocycles. The van der Waals surface area contributed by atoms with Gasteiger partial charge in [0, 0.05) is 17.3 Å². The van der Waals surface area contributed by atoms with Crippen molar-refractivity contribution in [3.8, 4) is 0 Å². The van der Waals surface area contributed by atoms with Crippen LogP contribution >= 0.6 is 0 Å². The lowest BCUT2D eigenvalue weighted by molar-refractivity contribution is -0.384. The highest BCUT2D eigenvalue weighted by Crippen LogP contribution is 2.39. The van der Waals surface area contributed by atoms with Crippen LogP contribution < -0.4 is 10.6 Å². The third kappa shape index (κ3) is 3.47. The Morgan fingerprint density at radius 1 is 1.25 bits per heavy atom. The maximum absolute atomic E-state index is 13.6. The number of nitro groups is 1. The Hall–Kier alpha value is -3.24. The first-order valence-corrected chi connectivity index (χ1v) is 8.41. The molecule has 0 fully saturated rings. The van der Waals surface area contributed by atoms with Gasteiger partial charge in [0.05, 0.1) is 4.92 Å². The number of carbonyl (C=O) groups is 1. The Morgan fingerprint density at radius 2 is 1.93 bits per heavy atom. The van der Waals surface area contributed by atoms with Gasteiger partial charge in [-0.2, -0.15) is 13.2 Å². The molecule has 8 nitrogen and oxygen atoms in total. The molecule has 11 heteroatoms. The number of fused-ring (bicyclic) bond motifs is 1. The van der Waals surface area contributed by atoms with Crippen LogP contribution in [0.15, 0.2) is 18.2 Å². The molecule has 1 aromatic carbocycles. The highest BCUT2D eigenvalue weighted by atomic mass is 19.4. The number of urea groups is 1. The van der Waals surface area contributed by atoms with Crippen molar-refractivity contribution in [3.63, 3.8) is 0 Å². The van der Waals surface area contributed by atoms with Crippen molar-refractivity contribution in [1.82, 2.24) is 9.97 Å². The van der Waals surface area contributed by atoms with Crippen LogP contribution in [-0.2, 0) is 19.0 Å². The number of benzene rings is 1. The molecule has 0 aliphatic heterocycles. The molecule has 0 bridgehead atoms. The number of aryl methyl sites for hydroxylation is 2. The van der Waals surface area contributed by atoms with E-state index < -0.39 is 34.5 Å². The summed E-state index contributed by atoms with van der Waals surface area (Å²) in [5, 5.41) is 11.4. The van der Waals surface area contributed by atoms with Crippen molar-refractivity contribution >= 4 is 23.4 Å². The van der Waals surface area contributed by atoms with Crippen LogP contribution in [0.25, 0.3) is 0 Å². The lowest BCUT2D eigenvalue weighted by atomic mass is 9.94. The first-order valence-electron chi connectivity index (χ1n) is 8.41. The summed E-state index contributed by atoms with van der Waals surface area (Å²) in [5.74, 6) is -0.627. The zero-order valence-corrected chi connectivity index (χ0v) is 14.8. The molecule has 2 N–H and O–H groups in total. The molecule has 0 saturated carbocycles. The summed E-state index contributed by atoms with van der Waals surface area (Å²) < 4.78 is 40.7. The maximum Gasteiger partial charge on any atom is 0.433 e. The predicted molar refractivity (Wildman–Crippen MR) is 93.2 cm³/mol. The SMILES string of the molecule is Cc1cccc([N+](=O)[O-])c1N(C(N)=O)c1nc2c(c(C(F)(F)F)n1)CCCC2. The first kappa shape index (κ1) is 19.5. The molecule has 0 radical (unpaired) electrons. The predicted octanol–water partition coefficient (Wildman–Crippen LogP) is 3.81. The van der Waals surface area contributed by atoms with Gasteiger partial charge in [-0.15, -0.1) is 0 Å². The smallest absolute Gasteiger partial charge is 0.351 e. The normalized spacial score (nSPS) is 13.7. The van der Waals surface area contributed by atoms with Crippen molar-refractivity contribution in [2.24, 2.45) is 5.73 Å². The molecule has 148 valence electrons. The molecule has 2 amide bonds. The molecule has 0 saturated heterocycles. The van der Waals surface area contributed by atoms with E-state index >= 15 is 0 Å². The number of nitrogens with zero attached hydrogens (tertiary/aromatic N) is 4. The number of primary amides is 1. The summed E-state index contributed by atoms with van der Waals surface area (Å²) in [7, 11) is 0. The Bertz CT molecular complexity index is 962. The zero-order chi connectivity index (χ0) is 20.6. The van der Waals surface area contributed by atoms with E-state index in [1.165, 1.54) is 19.1 Å². The van der Waals surface area contributed by atoms with E-state index in [1.54, 1.807) is 0 Å². The lowest BCUT2D eigenvalue weighted by Gasteiger charge is -2.25. The van der Waals surface area contributed by atoms with Crippen molar-refractivity contribution < 1.29 is 22.9 Å². The number of nitro benzene ring substituents is 1. The summed E-state index contributed by atoms with van der Waals surface area (Å²) >= 11 is 0. The van der Waals surface area contributed by atoms with E-state index in [2.05, 4.69) is 9.97 Å². The van der Waals surface area contributed by atoms with E-state index in [-0.39, 0.29) is 35.3 Å². The fraction of sp³-hybridized carbons (Fsp3) is 0.353. The number of aromatic nitrogens is 2. The standard InChI is InChI=1S/C17H16F3N5O3/c1-9-5-4-8-12(25(27)28)13(9)24(15(21)26)16-22-11-7-3-2-6-10(11)14(23-16)17(18,19)20/h4-5,8H,2-3,6-7H2,1H3,(H2,21,26). The number of para-hydroxylation sites is 1. The summed E-state index contributed by atoms with van der Waals surface area (Å²) in [6.45, 7) is 1.47. The summed E-state index contributed by atoms with van der Waals surface area (Å²) in [6.07, 6.45) is -3.09. The fourth-order valence-corrected chi connectivity index (χ4v) is 3.31. The average Bonchev–Trinajstić information content (AvgIpc) is 2.61. The van der Waals surface area contributed by atoms with Crippen molar-refractivity contribution in [3.05, 3.63) is 50.8 Å². The van der Waals surface area contributed by atoms with Gasteiger partial charge in [-0.1, -0.05) is 12.1 Å². The van der Waals surface area contributed by atoms with E-state index in [9.17, 15) is 28.1 Å². The zero-order valence-electron chi connectivity index (χ0n) is 14.8. The number of hydrogen-bond acceptors (Lipinski definition) is 5. The minimum Gasteiger partial charge on any atom is -0.351 e. The lowest BCUT2D eigenvalue weighted by Crippen LogP contribution is -2.35. The van der Waals surface area contributed by atoms with E-state index in [0.717, 1.165) is 6.07 Å². The monoisotopic (exact) mass is 395 g/mol. The number of carbonyl (C=O) groups excluding carboxylic acids is 1. The summed E-state index contributed by atoms with van der Waals surface area (Å²) in [6, 6.07) is 2.77. The van der Waals surface area contributed by atoms with Gasteiger partial charge in [-0.3, -0.25) is 10.1 Å². The molecule has 3 rings (SSSR count). The average molecular weight is 395 g/mol. The van der Waals surface area contributed by atoms with Gasteiger partial charge in [0.25, 0.3) is 5.69 Å². The largest absolute Gasteiger partial charge is 0.433 e. The second-order valence-corrected chi connectivity index (χ2v) is 6.38. The number of amides is 2. The van der Waals surface area contributed by atoms with Crippen LogP contribution in [0.2, 0.25) is 0 Å². The summed E-state index contributed by atoms with van der Waals surface area (Å²) in [4.78, 5) is 31.0. The molecule has 0 spiro atoms. The van der Waals surface area contributed by atoms with Crippen LogP contribution in [0.1, 0.15) is 35.4 Å². The number of anilines is 2. The fourth-order valence-electron chi connectivity index (χ4n) is 3.31. The number of alkyl halides is 3. The highest BCUT2D eigenvalue weighted by molar-refractivity contribution is 5.99. The van der Waals surface area contributed by atoms with E-state index in [4.69, 9.17) is 5.73 Å². The van der Waals surface area contributed by atoms with Gasteiger partial charge >= 0.3 is 12.2 Å². The van der Waals surface area contributed by atoms with Crippen molar-refractivity contribution in [2.75, 3.05) is 4.90 Å². The molecule has 28 heavy (non-hydrogen) atoms. The second kappa shape index (κ2) is 7.06. The Balaban J connectivity index is 2.29. The van der Waals surface area contributed by atoms with Gasteiger partial charge in [0.1, 0.15) is 5.69 Å². The number of nitrogens with two attached hydrogens (primary N) is 1. The van der Waals surface area contributed by atoms with Gasteiger partial charge in [0.2, 0.25) is 5.95 Å². The number of rotatable bonds is 3. The molecule has 1 aromatic heterocycles. The molecular weight excluding hydrogens is 379 g/mol. The van der Waals surface area contributed by atoms with Gasteiger partial charge in [-0.25, -0.2) is 19.7 Å². The maximum atomic E-state index is 13.6. The van der Waals surface area contributed by atoms with Gasteiger partial charge < -0.3 is 5.73 Å². The third-order valence-electron chi connectivity index (χ3n) is 4.50. The Kier molecular flexibility index (Phi) is 4.92. The Morgan fingerprint density at radius 3 is 2.54 bits per heavy atom. The minimum absolute atomic E-state index is 0.00814. The van der Waals surface area contributed by atoms with E-state index in [1.807, 2.05) is 0 Å². The van der Waals surface area contributed by atoms with Crippen LogP contribution in [0.5, 0.6) is 0 Å². The molecule has 1 aliphatic rings. The molecule has 0 unspecified atom stereocenters. The second-order valence-electron chi connectivity index (χ2n) is 6.38. The minimum atomic E-state index is -4.76. The molecule has 1 heterocycles. The first-order chi connectivity index (χ1) is 13.1. The number of halogens is 3. The van der Waals surface area contributed by atoms with Crippen molar-refractivity contribution in [2.45, 2.75) is 38.8 Å². The quantitative estimate of drug-likeness (QED) is 0.627. The highest BCUT2D eigenvalue weighted by Gasteiger charge is 2.39. The Labute approximate surface area is 157 Å². The van der Waals surface area contributed by atoms with Crippen LogP contribution in [-0.4, -0.2) is 20.9 Å². The topological polar surface area (TPSA) is 115 Å². The van der Waals surface area contributed by atoms with Crippen LogP contribution in [0, 0.1) is 17.0 Å². The molecule has 0 atom stereocenters. The molecule has 2 aromatic rings. The van der Waals surface area contributed by atoms with Crippen LogP contribution in [0.3, 0.4) is 0 Å². The van der Waals surface area contributed by atoms with Crippen molar-refractivity contribution in [1.29, 1.82) is 0 Å². The third-order valence-corrected chi connectivity index (χ3v) is 4.50. The summed E-state index contributed by atoms with van der Waals surface area (Å²) in [5.41, 5.74) is 3.91. The van der Waals surface area contributed by atoms with E-state index in [0.29, 0.717) is 17.7 Å². The van der Waals surface area contributed by atoms with Gasteiger partial charge in [0.15, 0.2) is 5.69 Å². The number of hydrogen-bond donors (Lipinski definition) is 1. The van der Waals surface area contributed by atoms with Crippen LogP contribution in [0.4, 0.5) is 35.3 Å².